The number of halogens is 1. The number of nitrogens with one attached hydrogen (secondary N) is 1. The predicted molar refractivity (Wildman–Crippen MR) is 126 cm³/mol. The van der Waals surface area contributed by atoms with Crippen molar-refractivity contribution in [1.82, 2.24) is 24.5 Å². The number of hydrogen-bond acceptors (Lipinski definition) is 5. The Bertz CT molecular complexity index is 1360. The number of nitrogens with zero attached hydrogens (tertiary/aromatic N) is 4. The number of hydrogen-bond donors (Lipinski definition) is 1. The Morgan fingerprint density at radius 2 is 1.97 bits per heavy atom. The number of carbonyl (C=O) groups excluding carboxylic acids is 1. The van der Waals surface area contributed by atoms with Gasteiger partial charge in [-0.25, -0.2) is 0 Å². The van der Waals surface area contributed by atoms with Crippen LogP contribution in [0.2, 0.25) is 5.02 Å². The maximum Gasteiger partial charge on any atom is 0.263 e. The maximum atomic E-state index is 13.3. The fourth-order valence-electron chi connectivity index (χ4n) is 4.24. The molecule has 0 unspecified atom stereocenters. The van der Waals surface area contributed by atoms with E-state index < -0.39 is 0 Å². The van der Waals surface area contributed by atoms with Gasteiger partial charge in [0.1, 0.15) is 5.82 Å². The van der Waals surface area contributed by atoms with Gasteiger partial charge < -0.3 is 10.1 Å². The standard InChI is InChI=1S/C24H24ClN5O3/c25-17-9-7-16(8-10-17)15-29-23(32)19-5-1-2-6-20(19)30-21(27-28-24(29)30)11-12-22(31)26-14-18-4-3-13-33-18/h1-2,5-10,18H,3-4,11-15H2,(H,26,31)/t18-/m0/s1. The number of carbonyl (C=O) groups is 1. The molecule has 5 rings (SSSR count). The molecule has 0 radical (unpaired) electrons. The minimum absolute atomic E-state index is 0.0546. The molecule has 1 N–H and O–H groups in total. The van der Waals surface area contributed by atoms with Crippen molar-refractivity contribution >= 4 is 34.2 Å². The van der Waals surface area contributed by atoms with Crippen molar-refractivity contribution < 1.29 is 9.53 Å². The van der Waals surface area contributed by atoms with E-state index in [4.69, 9.17) is 16.3 Å². The molecule has 3 heterocycles. The molecule has 1 fully saturated rings. The van der Waals surface area contributed by atoms with E-state index in [0.29, 0.717) is 41.5 Å². The second-order valence-corrected chi connectivity index (χ2v) is 8.66. The molecule has 0 saturated carbocycles. The highest BCUT2D eigenvalue weighted by Gasteiger charge is 2.19. The van der Waals surface area contributed by atoms with Crippen LogP contribution in [0.4, 0.5) is 0 Å². The van der Waals surface area contributed by atoms with Crippen LogP contribution in [-0.2, 0) is 22.5 Å². The van der Waals surface area contributed by atoms with Gasteiger partial charge in [0.05, 0.1) is 23.6 Å². The Hall–Kier alpha value is -3.23. The van der Waals surface area contributed by atoms with Gasteiger partial charge in [0.25, 0.3) is 5.56 Å². The summed E-state index contributed by atoms with van der Waals surface area (Å²) in [4.78, 5) is 25.7. The van der Waals surface area contributed by atoms with Gasteiger partial charge in [-0.1, -0.05) is 35.9 Å². The fourth-order valence-corrected chi connectivity index (χ4v) is 4.36. The first-order chi connectivity index (χ1) is 16.1. The third kappa shape index (κ3) is 4.49. The zero-order valence-electron chi connectivity index (χ0n) is 18.0. The Labute approximate surface area is 195 Å². The molecule has 8 nitrogen and oxygen atoms in total. The van der Waals surface area contributed by atoms with Crippen LogP contribution in [0.1, 0.15) is 30.7 Å². The van der Waals surface area contributed by atoms with Gasteiger partial charge in [-0.2, -0.15) is 0 Å². The molecule has 170 valence electrons. The van der Waals surface area contributed by atoms with Crippen LogP contribution in [0, 0.1) is 0 Å². The van der Waals surface area contributed by atoms with Gasteiger partial charge in [0.15, 0.2) is 0 Å². The van der Waals surface area contributed by atoms with Gasteiger partial charge in [-0.3, -0.25) is 18.6 Å². The summed E-state index contributed by atoms with van der Waals surface area (Å²) in [7, 11) is 0. The van der Waals surface area contributed by atoms with E-state index in [2.05, 4.69) is 15.5 Å². The lowest BCUT2D eigenvalue weighted by Gasteiger charge is -2.12. The monoisotopic (exact) mass is 465 g/mol. The summed E-state index contributed by atoms with van der Waals surface area (Å²) in [6.07, 6.45) is 2.80. The van der Waals surface area contributed by atoms with Crippen molar-refractivity contribution in [3.63, 3.8) is 0 Å². The predicted octanol–water partition coefficient (Wildman–Crippen LogP) is 2.97. The number of ether oxygens (including phenoxy) is 1. The zero-order valence-corrected chi connectivity index (χ0v) is 18.8. The molecule has 0 aliphatic carbocycles. The van der Waals surface area contributed by atoms with E-state index in [1.54, 1.807) is 22.8 Å². The molecular weight excluding hydrogens is 442 g/mol. The number of amides is 1. The Kier molecular flexibility index (Phi) is 6.11. The highest BCUT2D eigenvalue weighted by atomic mass is 35.5. The van der Waals surface area contributed by atoms with Crippen molar-refractivity contribution in [2.75, 3.05) is 13.2 Å². The summed E-state index contributed by atoms with van der Waals surface area (Å²) in [5.74, 6) is 1.03. The van der Waals surface area contributed by atoms with Crippen molar-refractivity contribution in [3.8, 4) is 0 Å². The number of benzene rings is 2. The summed E-state index contributed by atoms with van der Waals surface area (Å²) in [6, 6.07) is 14.8. The SMILES string of the molecule is O=C(CCc1nnc2n(Cc3ccc(Cl)cc3)c(=O)c3ccccc3n12)NC[C@@H]1CCCO1. The average Bonchev–Trinajstić information content (AvgIpc) is 3.50. The van der Waals surface area contributed by atoms with Crippen LogP contribution in [0.15, 0.2) is 53.3 Å². The van der Waals surface area contributed by atoms with Crippen LogP contribution >= 0.6 is 11.6 Å². The van der Waals surface area contributed by atoms with Crippen LogP contribution < -0.4 is 10.9 Å². The first kappa shape index (κ1) is 21.6. The lowest BCUT2D eigenvalue weighted by molar-refractivity contribution is -0.121. The van der Waals surface area contributed by atoms with Gasteiger partial charge >= 0.3 is 0 Å². The smallest absolute Gasteiger partial charge is 0.263 e. The van der Waals surface area contributed by atoms with E-state index >= 15 is 0 Å². The van der Waals surface area contributed by atoms with E-state index in [1.807, 2.05) is 34.7 Å². The van der Waals surface area contributed by atoms with Crippen LogP contribution in [-0.4, -0.2) is 44.3 Å². The molecule has 4 aromatic rings. The normalized spacial score (nSPS) is 16.0. The van der Waals surface area contributed by atoms with Crippen molar-refractivity contribution in [2.24, 2.45) is 0 Å². The molecule has 9 heteroatoms. The summed E-state index contributed by atoms with van der Waals surface area (Å²) < 4.78 is 9.04. The van der Waals surface area contributed by atoms with E-state index in [0.717, 1.165) is 30.5 Å². The van der Waals surface area contributed by atoms with Crippen LogP contribution in [0.5, 0.6) is 0 Å². The molecule has 33 heavy (non-hydrogen) atoms. The molecule has 0 spiro atoms. The summed E-state index contributed by atoms with van der Waals surface area (Å²) in [5.41, 5.74) is 1.52. The molecular formula is C24H24ClN5O3. The highest BCUT2D eigenvalue weighted by Crippen LogP contribution is 2.17. The second kappa shape index (κ2) is 9.33. The molecule has 1 saturated heterocycles. The van der Waals surface area contributed by atoms with E-state index in [9.17, 15) is 9.59 Å². The molecule has 1 aliphatic rings. The van der Waals surface area contributed by atoms with Crippen molar-refractivity contribution in [1.29, 1.82) is 0 Å². The van der Waals surface area contributed by atoms with Crippen LogP contribution in [0.25, 0.3) is 16.7 Å². The maximum absolute atomic E-state index is 13.3. The minimum atomic E-state index is -0.138. The number of aromatic nitrogens is 4. The zero-order chi connectivity index (χ0) is 22.8. The number of rotatable bonds is 7. The number of aryl methyl sites for hydroxylation is 1. The van der Waals surface area contributed by atoms with E-state index in [-0.39, 0.29) is 24.0 Å². The molecule has 1 amide bonds. The third-order valence-electron chi connectivity index (χ3n) is 5.96. The quantitative estimate of drug-likeness (QED) is 0.453. The number of fused-ring (bicyclic) bond motifs is 3. The van der Waals surface area contributed by atoms with Gasteiger partial charge in [0.2, 0.25) is 11.7 Å². The van der Waals surface area contributed by atoms with Crippen LogP contribution in [0.3, 0.4) is 0 Å². The summed E-state index contributed by atoms with van der Waals surface area (Å²) >= 11 is 6.01. The minimum Gasteiger partial charge on any atom is -0.376 e. The lowest BCUT2D eigenvalue weighted by Crippen LogP contribution is -2.32. The average molecular weight is 466 g/mol. The topological polar surface area (TPSA) is 90.5 Å². The van der Waals surface area contributed by atoms with Gasteiger partial charge in [0, 0.05) is 31.0 Å². The van der Waals surface area contributed by atoms with Crippen molar-refractivity contribution in [3.05, 3.63) is 75.3 Å². The molecule has 2 aromatic heterocycles. The summed E-state index contributed by atoms with van der Waals surface area (Å²) in [5, 5.41) is 12.8. The molecule has 2 aromatic carbocycles. The highest BCUT2D eigenvalue weighted by molar-refractivity contribution is 6.30. The lowest BCUT2D eigenvalue weighted by atomic mass is 10.2. The van der Waals surface area contributed by atoms with Gasteiger partial charge in [-0.15, -0.1) is 10.2 Å². The summed E-state index contributed by atoms with van der Waals surface area (Å²) in [6.45, 7) is 1.63. The molecule has 0 bridgehead atoms. The molecule has 1 aliphatic heterocycles. The molecule has 1 atom stereocenters. The Morgan fingerprint density at radius 3 is 2.76 bits per heavy atom. The Morgan fingerprint density at radius 1 is 1.15 bits per heavy atom. The van der Waals surface area contributed by atoms with E-state index in [1.165, 1.54) is 0 Å². The fraction of sp³-hybridized carbons (Fsp3) is 0.333. The second-order valence-electron chi connectivity index (χ2n) is 8.23. The largest absolute Gasteiger partial charge is 0.376 e. The third-order valence-corrected chi connectivity index (χ3v) is 6.21. The first-order valence-electron chi connectivity index (χ1n) is 11.1. The first-order valence-corrected chi connectivity index (χ1v) is 11.5. The Balaban J connectivity index is 1.45. The van der Waals surface area contributed by atoms with Crippen molar-refractivity contribution in [2.45, 2.75) is 38.3 Å². The van der Waals surface area contributed by atoms with Gasteiger partial charge in [-0.05, 0) is 42.7 Å². The number of para-hydroxylation sites is 1.